The molecule has 100 valence electrons. The van der Waals surface area contributed by atoms with Gasteiger partial charge in [-0.05, 0) is 37.5 Å². The maximum Gasteiger partial charge on any atom is 0.276 e. The van der Waals surface area contributed by atoms with E-state index in [0.717, 1.165) is 13.1 Å². The Morgan fingerprint density at radius 2 is 1.95 bits per heavy atom. The van der Waals surface area contributed by atoms with Crippen molar-refractivity contribution >= 4 is 18.0 Å². The third-order valence-electron chi connectivity index (χ3n) is 3.06. The van der Waals surface area contributed by atoms with Gasteiger partial charge in [0.25, 0.3) is 5.69 Å². The molecule has 0 saturated carbocycles. The Morgan fingerprint density at radius 3 is 2.68 bits per heavy atom. The summed E-state index contributed by atoms with van der Waals surface area (Å²) >= 11 is 0. The van der Waals surface area contributed by atoms with Crippen molar-refractivity contribution in [3.8, 4) is 0 Å². The summed E-state index contributed by atoms with van der Waals surface area (Å²) in [7, 11) is 0. The number of hydrogen-bond acceptors (Lipinski definition) is 4. The van der Waals surface area contributed by atoms with Gasteiger partial charge in [-0.2, -0.15) is 5.10 Å². The topological polar surface area (TPSA) is 58.7 Å². The van der Waals surface area contributed by atoms with E-state index in [0.29, 0.717) is 5.56 Å². The molecule has 0 atom stereocenters. The third-order valence-corrected chi connectivity index (χ3v) is 3.06. The number of allylic oxidation sites excluding steroid dienone is 1. The van der Waals surface area contributed by atoms with Crippen LogP contribution in [0.25, 0.3) is 6.08 Å². The molecule has 1 aliphatic heterocycles. The number of nitro groups is 1. The molecule has 2 rings (SSSR count). The molecule has 0 bridgehead atoms. The summed E-state index contributed by atoms with van der Waals surface area (Å²) in [6.45, 7) is 1.99. The summed E-state index contributed by atoms with van der Waals surface area (Å²) in [4.78, 5) is 10.5. The van der Waals surface area contributed by atoms with E-state index in [2.05, 4.69) is 5.10 Å². The lowest BCUT2D eigenvalue weighted by Gasteiger charge is -2.22. The Balaban J connectivity index is 1.98. The molecule has 5 heteroatoms. The van der Waals surface area contributed by atoms with Gasteiger partial charge in [-0.15, -0.1) is 0 Å². The van der Waals surface area contributed by atoms with Gasteiger partial charge in [0, 0.05) is 25.4 Å². The second-order valence-corrected chi connectivity index (χ2v) is 4.45. The van der Waals surface area contributed by atoms with Crippen molar-refractivity contribution in [2.45, 2.75) is 19.3 Å². The highest BCUT2D eigenvalue weighted by atomic mass is 16.6. The van der Waals surface area contributed by atoms with Crippen LogP contribution >= 0.6 is 0 Å². The average Bonchev–Trinajstić information content (AvgIpc) is 2.45. The number of para-hydroxylation sites is 1. The highest BCUT2D eigenvalue weighted by Crippen LogP contribution is 2.18. The van der Waals surface area contributed by atoms with E-state index in [1.54, 1.807) is 36.6 Å². The molecule has 0 spiro atoms. The molecule has 1 aliphatic rings. The van der Waals surface area contributed by atoms with Crippen LogP contribution in [0.5, 0.6) is 0 Å². The molecule has 0 radical (unpaired) electrons. The van der Waals surface area contributed by atoms with Crippen molar-refractivity contribution in [1.29, 1.82) is 0 Å². The second kappa shape index (κ2) is 6.68. The first-order valence-electron chi connectivity index (χ1n) is 6.46. The molecule has 19 heavy (non-hydrogen) atoms. The number of rotatable bonds is 4. The van der Waals surface area contributed by atoms with Crippen LogP contribution in [0.4, 0.5) is 5.69 Å². The van der Waals surface area contributed by atoms with E-state index >= 15 is 0 Å². The number of nitrogens with zero attached hydrogens (tertiary/aromatic N) is 3. The first-order chi connectivity index (χ1) is 9.27. The third kappa shape index (κ3) is 3.91. The number of hydrazone groups is 1. The van der Waals surface area contributed by atoms with Crippen molar-refractivity contribution in [3.63, 3.8) is 0 Å². The Morgan fingerprint density at radius 1 is 1.21 bits per heavy atom. The number of piperidine rings is 1. The van der Waals surface area contributed by atoms with Crippen LogP contribution in [-0.4, -0.2) is 29.2 Å². The smallest absolute Gasteiger partial charge is 0.276 e. The number of nitro benzene ring substituents is 1. The Hall–Kier alpha value is -2.17. The van der Waals surface area contributed by atoms with Crippen molar-refractivity contribution in [2.24, 2.45) is 5.10 Å². The molecule has 1 aromatic carbocycles. The molecule has 1 saturated heterocycles. The van der Waals surface area contributed by atoms with Gasteiger partial charge in [0.15, 0.2) is 0 Å². The lowest BCUT2D eigenvalue weighted by molar-refractivity contribution is -0.385. The van der Waals surface area contributed by atoms with Gasteiger partial charge in [0.05, 0.1) is 10.5 Å². The van der Waals surface area contributed by atoms with Gasteiger partial charge < -0.3 is 0 Å². The second-order valence-electron chi connectivity index (χ2n) is 4.45. The normalized spacial score (nSPS) is 16.3. The first-order valence-corrected chi connectivity index (χ1v) is 6.46. The van der Waals surface area contributed by atoms with Crippen LogP contribution in [0.15, 0.2) is 35.4 Å². The maximum atomic E-state index is 10.8. The van der Waals surface area contributed by atoms with Crippen molar-refractivity contribution in [1.82, 2.24) is 5.01 Å². The van der Waals surface area contributed by atoms with Crippen LogP contribution in [0.2, 0.25) is 0 Å². The van der Waals surface area contributed by atoms with Crippen LogP contribution in [-0.2, 0) is 0 Å². The minimum atomic E-state index is -0.374. The Labute approximate surface area is 112 Å². The van der Waals surface area contributed by atoms with Gasteiger partial charge in [-0.3, -0.25) is 15.1 Å². The summed E-state index contributed by atoms with van der Waals surface area (Å²) in [6, 6.07) is 6.68. The molecule has 0 unspecified atom stereocenters. The molecule has 1 aromatic rings. The van der Waals surface area contributed by atoms with Gasteiger partial charge in [0.2, 0.25) is 0 Å². The highest BCUT2D eigenvalue weighted by Gasteiger charge is 2.08. The molecule has 5 nitrogen and oxygen atoms in total. The molecule has 0 aromatic heterocycles. The van der Waals surface area contributed by atoms with E-state index in [4.69, 9.17) is 0 Å². The van der Waals surface area contributed by atoms with Crippen LogP contribution in [0.3, 0.4) is 0 Å². The predicted octanol–water partition coefficient (Wildman–Crippen LogP) is 3.08. The van der Waals surface area contributed by atoms with Gasteiger partial charge in [-0.1, -0.05) is 12.1 Å². The molecule has 1 fully saturated rings. The molecule has 0 aliphatic carbocycles. The summed E-state index contributed by atoms with van der Waals surface area (Å²) in [5.41, 5.74) is 0.711. The van der Waals surface area contributed by atoms with Gasteiger partial charge in [0.1, 0.15) is 0 Å². The summed E-state index contributed by atoms with van der Waals surface area (Å²) in [5.74, 6) is 0. The number of hydrogen-bond donors (Lipinski definition) is 0. The lowest BCUT2D eigenvalue weighted by atomic mass is 10.1. The van der Waals surface area contributed by atoms with E-state index < -0.39 is 0 Å². The molecule has 0 amide bonds. The molecular weight excluding hydrogens is 242 g/mol. The Kier molecular flexibility index (Phi) is 4.66. The monoisotopic (exact) mass is 259 g/mol. The van der Waals surface area contributed by atoms with E-state index in [-0.39, 0.29) is 10.6 Å². The predicted molar refractivity (Wildman–Crippen MR) is 76.0 cm³/mol. The van der Waals surface area contributed by atoms with Crippen molar-refractivity contribution in [3.05, 3.63) is 46.0 Å². The van der Waals surface area contributed by atoms with E-state index in [9.17, 15) is 10.1 Å². The molecule has 1 heterocycles. The van der Waals surface area contributed by atoms with Crippen LogP contribution in [0, 0.1) is 10.1 Å². The zero-order valence-corrected chi connectivity index (χ0v) is 10.7. The maximum absolute atomic E-state index is 10.8. The quantitative estimate of drug-likeness (QED) is 0.474. The van der Waals surface area contributed by atoms with Gasteiger partial charge in [-0.25, -0.2) is 0 Å². The zero-order valence-electron chi connectivity index (χ0n) is 10.7. The van der Waals surface area contributed by atoms with Gasteiger partial charge >= 0.3 is 0 Å². The summed E-state index contributed by atoms with van der Waals surface area (Å²) < 4.78 is 0. The fourth-order valence-corrected chi connectivity index (χ4v) is 2.07. The largest absolute Gasteiger partial charge is 0.297 e. The summed E-state index contributed by atoms with van der Waals surface area (Å²) in [5, 5.41) is 17.2. The molecular formula is C14H17N3O2. The highest BCUT2D eigenvalue weighted by molar-refractivity contribution is 5.79. The summed E-state index contributed by atoms with van der Waals surface area (Å²) in [6.07, 6.45) is 8.80. The van der Waals surface area contributed by atoms with Crippen molar-refractivity contribution < 1.29 is 4.92 Å². The standard InChI is InChI=1S/C14H17N3O2/c18-17(19)14-9-3-2-7-13(14)8-6-10-15-16-11-4-1-5-12-16/h2-3,6-10H,1,4-5,11-12H2/b8-6+,15-10-. The van der Waals surface area contributed by atoms with E-state index in [1.807, 2.05) is 5.01 Å². The fraction of sp³-hybridized carbons (Fsp3) is 0.357. The molecule has 0 N–H and O–H groups in total. The van der Waals surface area contributed by atoms with E-state index in [1.165, 1.54) is 25.3 Å². The zero-order chi connectivity index (χ0) is 13.5. The first kappa shape index (κ1) is 13.3. The fourth-order valence-electron chi connectivity index (χ4n) is 2.07. The van der Waals surface area contributed by atoms with Crippen LogP contribution < -0.4 is 0 Å². The van der Waals surface area contributed by atoms with Crippen LogP contribution in [0.1, 0.15) is 24.8 Å². The number of benzene rings is 1. The van der Waals surface area contributed by atoms with Crippen molar-refractivity contribution in [2.75, 3.05) is 13.1 Å². The minimum Gasteiger partial charge on any atom is -0.297 e. The minimum absolute atomic E-state index is 0.116. The lowest BCUT2D eigenvalue weighted by Crippen LogP contribution is -2.24. The average molecular weight is 259 g/mol. The Bertz CT molecular complexity index is 491. The SMILES string of the molecule is O=[N+]([O-])c1ccccc1/C=C/C=N\N1CCCCC1.